The van der Waals surface area contributed by atoms with E-state index in [4.69, 9.17) is 9.47 Å². The van der Waals surface area contributed by atoms with E-state index in [0.717, 1.165) is 18.5 Å². The minimum absolute atomic E-state index is 0.165. The van der Waals surface area contributed by atoms with Crippen LogP contribution in [0.3, 0.4) is 0 Å². The number of carbonyl (C=O) groups is 2. The van der Waals surface area contributed by atoms with Crippen LogP contribution < -0.4 is 10.1 Å². The van der Waals surface area contributed by atoms with Gasteiger partial charge in [0.05, 0.1) is 12.3 Å². The molecule has 25 heavy (non-hydrogen) atoms. The van der Waals surface area contributed by atoms with Crippen molar-refractivity contribution in [3.63, 3.8) is 0 Å². The zero-order chi connectivity index (χ0) is 18.2. The van der Waals surface area contributed by atoms with Crippen molar-refractivity contribution >= 4 is 17.6 Å². The van der Waals surface area contributed by atoms with Gasteiger partial charge < -0.3 is 14.8 Å². The fourth-order valence-electron chi connectivity index (χ4n) is 2.22. The summed E-state index contributed by atoms with van der Waals surface area (Å²) < 4.78 is 10.6. The van der Waals surface area contributed by atoms with Gasteiger partial charge in [-0.15, -0.1) is 0 Å². The number of para-hydroxylation sites is 2. The molecule has 0 fully saturated rings. The molecule has 0 spiro atoms. The quantitative estimate of drug-likeness (QED) is 0.718. The van der Waals surface area contributed by atoms with E-state index in [0.29, 0.717) is 18.0 Å². The van der Waals surface area contributed by atoms with Crippen LogP contribution >= 0.6 is 0 Å². The molecule has 2 N–H and O–H groups in total. The first-order chi connectivity index (χ1) is 12.0. The van der Waals surface area contributed by atoms with Gasteiger partial charge in [-0.25, -0.2) is 4.79 Å². The number of nitrogens with zero attached hydrogens (tertiary/aromatic N) is 1. The van der Waals surface area contributed by atoms with Crippen molar-refractivity contribution < 1.29 is 19.1 Å². The van der Waals surface area contributed by atoms with E-state index in [2.05, 4.69) is 15.5 Å². The van der Waals surface area contributed by atoms with Crippen LogP contribution in [-0.4, -0.2) is 34.8 Å². The van der Waals surface area contributed by atoms with Crippen molar-refractivity contribution in [1.29, 1.82) is 0 Å². The summed E-state index contributed by atoms with van der Waals surface area (Å²) in [4.78, 5) is 24.4. The highest BCUT2D eigenvalue weighted by Crippen LogP contribution is 2.24. The van der Waals surface area contributed by atoms with Gasteiger partial charge in [0.1, 0.15) is 5.75 Å². The molecular weight excluding hydrogens is 322 g/mol. The highest BCUT2D eigenvalue weighted by atomic mass is 16.5. The van der Waals surface area contributed by atoms with Gasteiger partial charge in [0.15, 0.2) is 11.8 Å². The number of hydrogen-bond donors (Lipinski definition) is 2. The number of aromatic amines is 1. The molecule has 1 aromatic carbocycles. The third-order valence-electron chi connectivity index (χ3n) is 3.46. The number of aryl methyl sites for hydroxylation is 1. The van der Waals surface area contributed by atoms with Crippen molar-refractivity contribution in [2.24, 2.45) is 0 Å². The molecule has 2 rings (SSSR count). The smallest absolute Gasteiger partial charge is 0.359 e. The number of H-pyrrole nitrogens is 1. The summed E-state index contributed by atoms with van der Waals surface area (Å²) in [6, 6.07) is 8.72. The Labute approximate surface area is 146 Å². The number of carbonyl (C=O) groups excluding carboxylic acids is 2. The van der Waals surface area contributed by atoms with E-state index in [-0.39, 0.29) is 5.69 Å². The summed E-state index contributed by atoms with van der Waals surface area (Å²) in [6.45, 7) is 5.89. The molecule has 2 aromatic rings. The molecule has 0 aliphatic rings. The Bertz CT molecular complexity index is 727. The molecule has 0 aliphatic carbocycles. The molecule has 0 saturated heterocycles. The predicted molar refractivity (Wildman–Crippen MR) is 93.7 cm³/mol. The molecule has 1 heterocycles. The third-order valence-corrected chi connectivity index (χ3v) is 3.46. The van der Waals surface area contributed by atoms with Crippen molar-refractivity contribution in [2.45, 2.75) is 39.7 Å². The number of rotatable bonds is 8. The number of nitrogens with one attached hydrogen (secondary N) is 2. The van der Waals surface area contributed by atoms with Crippen LogP contribution in [0.15, 0.2) is 30.3 Å². The van der Waals surface area contributed by atoms with Crippen molar-refractivity contribution in [3.05, 3.63) is 41.7 Å². The van der Waals surface area contributed by atoms with E-state index in [1.54, 1.807) is 24.3 Å². The first kappa shape index (κ1) is 18.5. The molecule has 1 aromatic heterocycles. The average Bonchev–Trinajstić information content (AvgIpc) is 3.06. The topological polar surface area (TPSA) is 93.3 Å². The molecule has 7 nitrogen and oxygen atoms in total. The van der Waals surface area contributed by atoms with Crippen molar-refractivity contribution in [2.75, 3.05) is 11.9 Å². The largest absolute Gasteiger partial charge is 0.492 e. The molecule has 0 bridgehead atoms. The Morgan fingerprint density at radius 2 is 2.04 bits per heavy atom. The summed E-state index contributed by atoms with van der Waals surface area (Å²) >= 11 is 0. The fraction of sp³-hybridized carbons (Fsp3) is 0.389. The van der Waals surface area contributed by atoms with Crippen LogP contribution in [0.1, 0.15) is 43.4 Å². The lowest BCUT2D eigenvalue weighted by atomic mass is 10.2. The maximum atomic E-state index is 12.3. The van der Waals surface area contributed by atoms with Gasteiger partial charge in [0.25, 0.3) is 5.91 Å². The number of hydrogen-bond acceptors (Lipinski definition) is 5. The molecule has 0 saturated carbocycles. The number of anilines is 1. The summed E-state index contributed by atoms with van der Waals surface area (Å²) in [7, 11) is 0. The lowest BCUT2D eigenvalue weighted by Gasteiger charge is -2.15. The van der Waals surface area contributed by atoms with Crippen LogP contribution in [0.4, 0.5) is 5.69 Å². The van der Waals surface area contributed by atoms with E-state index < -0.39 is 18.0 Å². The molecule has 1 amide bonds. The monoisotopic (exact) mass is 345 g/mol. The second kappa shape index (κ2) is 8.86. The fourth-order valence-corrected chi connectivity index (χ4v) is 2.22. The SMILES string of the molecule is CCCc1cc(C(=O)OC(C)C(=O)Nc2ccccc2OCC)n[nH]1. The van der Waals surface area contributed by atoms with Gasteiger partial charge in [0, 0.05) is 5.69 Å². The van der Waals surface area contributed by atoms with Crippen molar-refractivity contribution in [1.82, 2.24) is 10.2 Å². The Morgan fingerprint density at radius 3 is 2.76 bits per heavy atom. The van der Waals surface area contributed by atoms with Crippen LogP contribution in [-0.2, 0) is 16.0 Å². The Hall–Kier alpha value is -2.83. The summed E-state index contributed by atoms with van der Waals surface area (Å²) in [6.07, 6.45) is 0.771. The van der Waals surface area contributed by atoms with Gasteiger partial charge in [-0.2, -0.15) is 5.10 Å². The minimum Gasteiger partial charge on any atom is -0.492 e. The second-order valence-electron chi connectivity index (χ2n) is 5.49. The van der Waals surface area contributed by atoms with Gasteiger partial charge in [-0.05, 0) is 38.5 Å². The van der Waals surface area contributed by atoms with Crippen LogP contribution in [0, 0.1) is 0 Å². The number of amides is 1. The van der Waals surface area contributed by atoms with E-state index in [1.807, 2.05) is 19.9 Å². The third kappa shape index (κ3) is 5.07. The van der Waals surface area contributed by atoms with Gasteiger partial charge in [0.2, 0.25) is 0 Å². The minimum atomic E-state index is -0.964. The zero-order valence-electron chi connectivity index (χ0n) is 14.7. The second-order valence-corrected chi connectivity index (χ2v) is 5.49. The molecule has 0 radical (unpaired) electrons. The van der Waals surface area contributed by atoms with Crippen molar-refractivity contribution in [3.8, 4) is 5.75 Å². The molecule has 1 unspecified atom stereocenters. The molecule has 0 aliphatic heterocycles. The van der Waals surface area contributed by atoms with E-state index in [1.165, 1.54) is 6.92 Å². The van der Waals surface area contributed by atoms with Crippen LogP contribution in [0.5, 0.6) is 5.75 Å². The predicted octanol–water partition coefficient (Wildman–Crippen LogP) is 2.94. The highest BCUT2D eigenvalue weighted by Gasteiger charge is 2.21. The number of benzene rings is 1. The lowest BCUT2D eigenvalue weighted by Crippen LogP contribution is -2.30. The Balaban J connectivity index is 1.96. The normalized spacial score (nSPS) is 11.6. The van der Waals surface area contributed by atoms with Crippen LogP contribution in [0.25, 0.3) is 0 Å². The molecule has 7 heteroatoms. The van der Waals surface area contributed by atoms with Crippen LogP contribution in [0.2, 0.25) is 0 Å². The number of ether oxygens (including phenoxy) is 2. The Kier molecular flexibility index (Phi) is 6.56. The maximum absolute atomic E-state index is 12.3. The molecular formula is C18H23N3O4. The number of aromatic nitrogens is 2. The van der Waals surface area contributed by atoms with E-state index >= 15 is 0 Å². The van der Waals surface area contributed by atoms with Gasteiger partial charge in [-0.3, -0.25) is 9.89 Å². The molecule has 134 valence electrons. The lowest BCUT2D eigenvalue weighted by molar-refractivity contribution is -0.123. The number of esters is 1. The van der Waals surface area contributed by atoms with Gasteiger partial charge >= 0.3 is 5.97 Å². The first-order valence-corrected chi connectivity index (χ1v) is 8.33. The Morgan fingerprint density at radius 1 is 1.28 bits per heavy atom. The summed E-state index contributed by atoms with van der Waals surface area (Å²) in [5.41, 5.74) is 1.55. The summed E-state index contributed by atoms with van der Waals surface area (Å²) in [5.74, 6) is -0.516. The zero-order valence-corrected chi connectivity index (χ0v) is 14.7. The standard InChI is InChI=1S/C18H23N3O4/c1-4-8-13-11-15(21-20-13)18(23)25-12(3)17(22)19-14-9-6-7-10-16(14)24-5-2/h6-7,9-12H,4-5,8H2,1-3H3,(H,19,22)(H,20,21). The highest BCUT2D eigenvalue weighted by molar-refractivity contribution is 5.97. The average molecular weight is 345 g/mol. The summed E-state index contributed by atoms with van der Waals surface area (Å²) in [5, 5.41) is 9.41. The van der Waals surface area contributed by atoms with Gasteiger partial charge in [-0.1, -0.05) is 25.5 Å². The maximum Gasteiger partial charge on any atom is 0.359 e. The first-order valence-electron chi connectivity index (χ1n) is 8.33. The van der Waals surface area contributed by atoms with E-state index in [9.17, 15) is 9.59 Å². The molecule has 1 atom stereocenters.